The second kappa shape index (κ2) is 11.7. The number of hydrogen-bond donors (Lipinski definition) is 1. The fourth-order valence-corrected chi connectivity index (χ4v) is 2.07. The minimum absolute atomic E-state index is 0. The van der Waals surface area contributed by atoms with Crippen LogP contribution in [0, 0.1) is 0 Å². The molecule has 0 atom stereocenters. The molecule has 0 fully saturated rings. The predicted octanol–water partition coefficient (Wildman–Crippen LogP) is -9.80. The van der Waals surface area contributed by atoms with E-state index < -0.39 is 22.2 Å². The Kier molecular flexibility index (Phi) is 19.7. The van der Waals surface area contributed by atoms with Crippen molar-refractivity contribution in [3.63, 3.8) is 0 Å². The van der Waals surface area contributed by atoms with E-state index >= 15 is 0 Å². The summed E-state index contributed by atoms with van der Waals surface area (Å²) < 4.78 is 0. The Bertz CT molecular complexity index is 90.4. The molecule has 0 bridgehead atoms. The first-order valence-electron chi connectivity index (χ1n) is 2.71. The van der Waals surface area contributed by atoms with Crippen LogP contribution < -0.4 is 84.4 Å². The van der Waals surface area contributed by atoms with Gasteiger partial charge in [-0.05, 0) is 6.54 Å². The number of rotatable bonds is 4. The van der Waals surface area contributed by atoms with Crippen molar-refractivity contribution in [3.05, 3.63) is 0 Å². The van der Waals surface area contributed by atoms with Gasteiger partial charge in [0, 0.05) is 6.42 Å². The average molecular weight is 231 g/mol. The molecule has 12 heavy (non-hydrogen) atoms. The Morgan fingerprint density at radius 2 is 1.33 bits per heavy atom. The van der Waals surface area contributed by atoms with Crippen LogP contribution in [0.15, 0.2) is 0 Å². The van der Waals surface area contributed by atoms with Gasteiger partial charge in [-0.2, -0.15) is 0 Å². The molecule has 0 saturated carbocycles. The topological polar surface area (TPSA) is 118 Å². The molecule has 0 amide bonds. The predicted molar refractivity (Wildman–Crippen MR) is 34.1 cm³/mol. The largest absolute Gasteiger partial charge is 1.00 e. The van der Waals surface area contributed by atoms with Gasteiger partial charge in [0.1, 0.15) is 5.40 Å². The van der Waals surface area contributed by atoms with Crippen LogP contribution >= 0.6 is 16.8 Å². The second-order valence-corrected chi connectivity index (χ2v) is 5.02. The van der Waals surface area contributed by atoms with Crippen LogP contribution in [0.1, 0.15) is 6.42 Å². The normalized spacial score (nSPS) is 10.0. The van der Waals surface area contributed by atoms with Gasteiger partial charge in [-0.25, -0.2) is 0 Å². The van der Waals surface area contributed by atoms with E-state index in [1.54, 1.807) is 0 Å². The minimum Gasteiger partial charge on any atom is -0.682 e. The van der Waals surface area contributed by atoms with Gasteiger partial charge in [-0.15, -0.1) is 0 Å². The first-order valence-corrected chi connectivity index (χ1v) is 5.50. The Hall–Kier alpha value is 2.66. The smallest absolute Gasteiger partial charge is 0.682 e. The Morgan fingerprint density at radius 3 is 1.42 bits per heavy atom. The van der Waals surface area contributed by atoms with Crippen LogP contribution in [0.4, 0.5) is 0 Å². The van der Waals surface area contributed by atoms with Crippen molar-refractivity contribution < 1.29 is 78.7 Å². The minimum atomic E-state index is -3.19. The molecular formula is C3H9NNa2O4P2. The summed E-state index contributed by atoms with van der Waals surface area (Å²) in [5.74, 6) is 0. The number of nitrogens with two attached hydrogens (primary N) is 1. The summed E-state index contributed by atoms with van der Waals surface area (Å²) in [7, 11) is -6.39. The number of hydrogen-bond acceptors (Lipinski definition) is 5. The van der Waals surface area contributed by atoms with Gasteiger partial charge in [0.05, 0.1) is 0 Å². The first-order chi connectivity index (χ1) is 4.59. The fourth-order valence-electron chi connectivity index (χ4n) is 0.499. The molecule has 0 heterocycles. The van der Waals surface area contributed by atoms with Crippen molar-refractivity contribution in [2.45, 2.75) is 11.8 Å². The van der Waals surface area contributed by atoms with Gasteiger partial charge < -0.3 is 25.3 Å². The van der Waals surface area contributed by atoms with E-state index in [-0.39, 0.29) is 72.1 Å². The third-order valence-corrected chi connectivity index (χ3v) is 4.15. The van der Waals surface area contributed by atoms with Gasteiger partial charge in [-0.1, -0.05) is 16.8 Å². The van der Waals surface area contributed by atoms with E-state index in [9.17, 15) is 19.6 Å². The summed E-state index contributed by atoms with van der Waals surface area (Å²) in [6, 6.07) is 0. The molecule has 62 valence electrons. The molecule has 5 nitrogen and oxygen atoms in total. The summed E-state index contributed by atoms with van der Waals surface area (Å²) in [5.41, 5.74) is 4.98. The third-order valence-electron chi connectivity index (χ3n) is 1.02. The SMILES string of the molecule is NCCC([PH+]([O-])[O-])[PH+]([O-])[O-].[Na+].[Na+]. The maximum atomic E-state index is 10.2. The van der Waals surface area contributed by atoms with Crippen molar-refractivity contribution in [1.82, 2.24) is 0 Å². The third kappa shape index (κ3) is 9.22. The van der Waals surface area contributed by atoms with Crippen molar-refractivity contribution in [1.29, 1.82) is 0 Å². The molecule has 0 aromatic carbocycles. The summed E-state index contributed by atoms with van der Waals surface area (Å²) in [6.07, 6.45) is 0.0165. The monoisotopic (exact) mass is 231 g/mol. The van der Waals surface area contributed by atoms with Crippen molar-refractivity contribution >= 4 is 16.8 Å². The van der Waals surface area contributed by atoms with Gasteiger partial charge in [0.15, 0.2) is 0 Å². The van der Waals surface area contributed by atoms with Gasteiger partial charge in [-0.3, -0.25) is 0 Å². The molecule has 2 N–H and O–H groups in total. The quantitative estimate of drug-likeness (QED) is 0.380. The first kappa shape index (κ1) is 20.1. The average Bonchev–Trinajstić information content (AvgIpc) is 1.81. The molecule has 9 heteroatoms. The molecule has 0 saturated heterocycles. The molecular weight excluding hydrogens is 222 g/mol. The molecule has 0 aliphatic rings. The van der Waals surface area contributed by atoms with Crippen LogP contribution in [0.5, 0.6) is 0 Å². The van der Waals surface area contributed by atoms with Crippen LogP contribution in [0.25, 0.3) is 0 Å². The Labute approximate surface area is 118 Å². The molecule has 0 aliphatic heterocycles. The molecule has 0 rings (SSSR count). The maximum absolute atomic E-state index is 10.2. The molecule has 0 aromatic rings. The summed E-state index contributed by atoms with van der Waals surface area (Å²) in [4.78, 5) is 40.7. The van der Waals surface area contributed by atoms with Gasteiger partial charge in [0.25, 0.3) is 0 Å². The van der Waals surface area contributed by atoms with Crippen LogP contribution in [-0.4, -0.2) is 11.9 Å². The zero-order chi connectivity index (χ0) is 8.15. The standard InChI is InChI=1S/C3H9NO4P2.2Na/c4-2-1-3(9(5)6)10(7)8;;/h3,9-10H,1-2,4H2;;/q-2;2*+1. The molecule has 0 aromatic heterocycles. The summed E-state index contributed by atoms with van der Waals surface area (Å²) in [5, 5.41) is -1.21. The maximum Gasteiger partial charge on any atom is 1.00 e. The van der Waals surface area contributed by atoms with Crippen molar-refractivity contribution in [2.24, 2.45) is 5.73 Å². The van der Waals surface area contributed by atoms with E-state index in [0.29, 0.717) is 0 Å². The van der Waals surface area contributed by atoms with E-state index in [4.69, 9.17) is 5.73 Å². The van der Waals surface area contributed by atoms with Crippen LogP contribution in [0.3, 0.4) is 0 Å². The molecule has 0 aliphatic carbocycles. The van der Waals surface area contributed by atoms with E-state index in [1.165, 1.54) is 0 Å². The second-order valence-electron chi connectivity index (χ2n) is 1.77. The fraction of sp³-hybridized carbons (Fsp3) is 1.00. The van der Waals surface area contributed by atoms with Crippen molar-refractivity contribution in [2.75, 3.05) is 6.54 Å². The van der Waals surface area contributed by atoms with Crippen LogP contribution in [-0.2, 0) is 0 Å². The summed E-state index contributed by atoms with van der Waals surface area (Å²) in [6.45, 7) is 0.0853. The molecule has 0 spiro atoms. The van der Waals surface area contributed by atoms with Crippen LogP contribution in [0.2, 0.25) is 0 Å². The van der Waals surface area contributed by atoms with Gasteiger partial charge >= 0.3 is 59.1 Å². The van der Waals surface area contributed by atoms with Gasteiger partial charge in [0.2, 0.25) is 0 Å². The zero-order valence-corrected chi connectivity index (χ0v) is 13.2. The van der Waals surface area contributed by atoms with E-state index in [2.05, 4.69) is 0 Å². The zero-order valence-electron chi connectivity index (χ0n) is 7.20. The Morgan fingerprint density at radius 1 is 1.00 bits per heavy atom. The van der Waals surface area contributed by atoms with E-state index in [1.807, 2.05) is 0 Å². The summed E-state index contributed by atoms with van der Waals surface area (Å²) >= 11 is 0. The van der Waals surface area contributed by atoms with Crippen molar-refractivity contribution in [3.8, 4) is 0 Å². The molecule has 0 unspecified atom stereocenters. The Balaban J connectivity index is -0.000000405. The van der Waals surface area contributed by atoms with E-state index in [0.717, 1.165) is 0 Å². The molecule has 0 radical (unpaired) electrons.